The van der Waals surface area contributed by atoms with Crippen molar-refractivity contribution in [1.82, 2.24) is 0 Å². The van der Waals surface area contributed by atoms with Gasteiger partial charge < -0.3 is 10.4 Å². The number of hydrogen-bond donors (Lipinski definition) is 2. The molecule has 31 heavy (non-hydrogen) atoms. The van der Waals surface area contributed by atoms with Gasteiger partial charge in [-0.3, -0.25) is 9.59 Å². The molecule has 2 N–H and O–H groups in total. The summed E-state index contributed by atoms with van der Waals surface area (Å²) in [7, 11) is 0. The molecule has 1 unspecified atom stereocenters. The number of hydrogen-bond acceptors (Lipinski definition) is 2. The van der Waals surface area contributed by atoms with Crippen LogP contribution in [0.1, 0.15) is 43.4 Å². The Labute approximate surface area is 178 Å². The molecule has 0 spiro atoms. The van der Waals surface area contributed by atoms with E-state index in [9.17, 15) is 27.2 Å². The summed E-state index contributed by atoms with van der Waals surface area (Å²) in [6.07, 6.45) is -3.86. The Morgan fingerprint density at radius 3 is 2.13 bits per heavy atom. The molecule has 3 atom stereocenters. The highest BCUT2D eigenvalue weighted by atomic mass is 19.4. The standard InChI is InChI=1S/C23H25F4NO3/c1-4-15-5-8-17(9-6-15)20(14(3)23(25,26)27)21(29)28-19-12-16(7-10-18(19)24)11-13(2)22(30)31/h5-10,12-14,20H,4,11H2,1-3H3,(H,28,29)(H,30,31)/t13?,14-,20+/m1/s1. The molecule has 0 aliphatic heterocycles. The Kier molecular flexibility index (Phi) is 7.81. The number of alkyl halides is 3. The molecule has 0 saturated carbocycles. The van der Waals surface area contributed by atoms with Crippen molar-refractivity contribution >= 4 is 17.6 Å². The average molecular weight is 439 g/mol. The van der Waals surface area contributed by atoms with Gasteiger partial charge in [0.05, 0.1) is 23.4 Å². The highest BCUT2D eigenvalue weighted by Crippen LogP contribution is 2.38. The minimum absolute atomic E-state index is 0.0827. The van der Waals surface area contributed by atoms with Crippen molar-refractivity contribution in [3.8, 4) is 0 Å². The van der Waals surface area contributed by atoms with Gasteiger partial charge in [0.25, 0.3) is 0 Å². The normalized spacial score (nSPS) is 14.5. The van der Waals surface area contributed by atoms with E-state index < -0.39 is 41.6 Å². The third-order valence-electron chi connectivity index (χ3n) is 5.30. The first-order chi connectivity index (χ1) is 14.4. The van der Waals surface area contributed by atoms with Gasteiger partial charge in [0.1, 0.15) is 5.82 Å². The largest absolute Gasteiger partial charge is 0.481 e. The van der Waals surface area contributed by atoms with Gasteiger partial charge in [-0.1, -0.05) is 51.1 Å². The zero-order chi connectivity index (χ0) is 23.3. The lowest BCUT2D eigenvalue weighted by Gasteiger charge is -2.26. The summed E-state index contributed by atoms with van der Waals surface area (Å²) in [5.41, 5.74) is 1.24. The highest BCUT2D eigenvalue weighted by Gasteiger charge is 2.45. The number of aryl methyl sites for hydroxylation is 1. The first kappa shape index (κ1) is 24.4. The highest BCUT2D eigenvalue weighted by molar-refractivity contribution is 5.96. The second-order valence-corrected chi connectivity index (χ2v) is 7.65. The van der Waals surface area contributed by atoms with Crippen molar-refractivity contribution < 1.29 is 32.3 Å². The van der Waals surface area contributed by atoms with E-state index in [1.165, 1.54) is 31.2 Å². The van der Waals surface area contributed by atoms with Crippen LogP contribution in [0.25, 0.3) is 0 Å². The van der Waals surface area contributed by atoms with Gasteiger partial charge >= 0.3 is 12.1 Å². The van der Waals surface area contributed by atoms with E-state index in [1.807, 2.05) is 6.92 Å². The number of carbonyl (C=O) groups is 2. The minimum Gasteiger partial charge on any atom is -0.481 e. The Bertz CT molecular complexity index is 925. The molecule has 168 valence electrons. The molecule has 0 radical (unpaired) electrons. The predicted molar refractivity (Wildman–Crippen MR) is 109 cm³/mol. The van der Waals surface area contributed by atoms with Crippen LogP contribution in [-0.2, 0) is 22.4 Å². The van der Waals surface area contributed by atoms with Crippen molar-refractivity contribution in [2.75, 3.05) is 5.32 Å². The Hall–Kier alpha value is -2.90. The lowest BCUT2D eigenvalue weighted by molar-refractivity contribution is -0.178. The van der Waals surface area contributed by atoms with Gasteiger partial charge in [-0.05, 0) is 41.7 Å². The Balaban J connectivity index is 2.35. The predicted octanol–water partition coefficient (Wildman–Crippen LogP) is 5.57. The summed E-state index contributed by atoms with van der Waals surface area (Å²) in [5, 5.41) is 11.3. The van der Waals surface area contributed by atoms with Crippen LogP contribution in [0.2, 0.25) is 0 Å². The number of carboxylic acid groups (broad SMARTS) is 1. The third kappa shape index (κ3) is 6.29. The van der Waals surface area contributed by atoms with Crippen molar-refractivity contribution in [2.45, 2.75) is 45.7 Å². The summed E-state index contributed by atoms with van der Waals surface area (Å²) in [6.45, 7) is 4.29. The van der Waals surface area contributed by atoms with E-state index in [0.29, 0.717) is 12.0 Å². The molecular formula is C23H25F4NO3. The molecule has 4 nitrogen and oxygen atoms in total. The van der Waals surface area contributed by atoms with Crippen LogP contribution in [-0.4, -0.2) is 23.2 Å². The smallest absolute Gasteiger partial charge is 0.392 e. The van der Waals surface area contributed by atoms with E-state index in [1.54, 1.807) is 12.1 Å². The summed E-state index contributed by atoms with van der Waals surface area (Å²) in [6, 6.07) is 9.96. The number of benzene rings is 2. The monoisotopic (exact) mass is 439 g/mol. The number of carbonyl (C=O) groups excluding carboxylic acids is 1. The number of halogens is 4. The van der Waals surface area contributed by atoms with Crippen LogP contribution in [0.3, 0.4) is 0 Å². The van der Waals surface area contributed by atoms with Crippen LogP contribution < -0.4 is 5.32 Å². The first-order valence-electron chi connectivity index (χ1n) is 9.91. The molecule has 2 rings (SSSR count). The lowest BCUT2D eigenvalue weighted by Crippen LogP contribution is -2.34. The van der Waals surface area contributed by atoms with Crippen LogP contribution in [0.4, 0.5) is 23.2 Å². The summed E-state index contributed by atoms with van der Waals surface area (Å²) < 4.78 is 54.7. The van der Waals surface area contributed by atoms with Crippen molar-refractivity contribution in [2.24, 2.45) is 11.8 Å². The zero-order valence-corrected chi connectivity index (χ0v) is 17.5. The van der Waals surface area contributed by atoms with Gasteiger partial charge in [-0.25, -0.2) is 4.39 Å². The molecule has 2 aromatic carbocycles. The number of nitrogens with one attached hydrogen (secondary N) is 1. The lowest BCUT2D eigenvalue weighted by atomic mass is 9.85. The maximum Gasteiger partial charge on any atom is 0.392 e. The van der Waals surface area contributed by atoms with Crippen molar-refractivity contribution in [3.05, 3.63) is 65.0 Å². The van der Waals surface area contributed by atoms with E-state index in [4.69, 9.17) is 5.11 Å². The number of carboxylic acids is 1. The van der Waals surface area contributed by atoms with Gasteiger partial charge in [-0.15, -0.1) is 0 Å². The molecule has 0 saturated heterocycles. The van der Waals surface area contributed by atoms with E-state index in [0.717, 1.165) is 18.6 Å². The molecule has 0 aromatic heterocycles. The van der Waals surface area contributed by atoms with Gasteiger partial charge in [0.15, 0.2) is 0 Å². The van der Waals surface area contributed by atoms with Crippen molar-refractivity contribution in [1.29, 1.82) is 0 Å². The maximum atomic E-state index is 14.3. The van der Waals surface area contributed by atoms with E-state index >= 15 is 0 Å². The minimum atomic E-state index is -4.64. The fourth-order valence-electron chi connectivity index (χ4n) is 3.26. The van der Waals surface area contributed by atoms with Crippen molar-refractivity contribution in [3.63, 3.8) is 0 Å². The second-order valence-electron chi connectivity index (χ2n) is 7.65. The zero-order valence-electron chi connectivity index (χ0n) is 17.5. The first-order valence-corrected chi connectivity index (χ1v) is 9.91. The third-order valence-corrected chi connectivity index (χ3v) is 5.30. The summed E-state index contributed by atoms with van der Waals surface area (Å²) in [5.74, 6) is -7.17. The second kappa shape index (κ2) is 9.94. The SMILES string of the molecule is CCc1ccc([C@@H](C(=O)Nc2cc(CC(C)C(=O)O)ccc2F)[C@@H](C)C(F)(F)F)cc1. The van der Waals surface area contributed by atoms with Crippen LogP contribution in [0.5, 0.6) is 0 Å². The van der Waals surface area contributed by atoms with Gasteiger partial charge in [0, 0.05) is 0 Å². The molecular weight excluding hydrogens is 414 g/mol. The molecule has 1 amide bonds. The molecule has 0 heterocycles. The topological polar surface area (TPSA) is 66.4 Å². The van der Waals surface area contributed by atoms with Crippen LogP contribution in [0, 0.1) is 17.7 Å². The molecule has 0 aliphatic rings. The Morgan fingerprint density at radius 1 is 1.03 bits per heavy atom. The van der Waals surface area contributed by atoms with Crippen LogP contribution in [0.15, 0.2) is 42.5 Å². The van der Waals surface area contributed by atoms with E-state index in [2.05, 4.69) is 5.32 Å². The number of amides is 1. The molecule has 0 fully saturated rings. The molecule has 2 aromatic rings. The summed E-state index contributed by atoms with van der Waals surface area (Å²) >= 11 is 0. The van der Waals surface area contributed by atoms with Gasteiger partial charge in [-0.2, -0.15) is 13.2 Å². The fourth-order valence-corrected chi connectivity index (χ4v) is 3.26. The van der Waals surface area contributed by atoms with Gasteiger partial charge in [0.2, 0.25) is 5.91 Å². The number of aliphatic carboxylic acids is 1. The van der Waals surface area contributed by atoms with Crippen LogP contribution >= 0.6 is 0 Å². The van der Waals surface area contributed by atoms with E-state index in [-0.39, 0.29) is 17.7 Å². The number of rotatable bonds is 8. The molecule has 0 aliphatic carbocycles. The molecule has 8 heteroatoms. The quantitative estimate of drug-likeness (QED) is 0.529. The maximum absolute atomic E-state index is 14.3. The number of anilines is 1. The fraction of sp³-hybridized carbons (Fsp3) is 0.391. The molecule has 0 bridgehead atoms. The Morgan fingerprint density at radius 2 is 1.61 bits per heavy atom. The average Bonchev–Trinajstić information content (AvgIpc) is 2.70. The summed E-state index contributed by atoms with van der Waals surface area (Å²) in [4.78, 5) is 23.9.